The summed E-state index contributed by atoms with van der Waals surface area (Å²) >= 11 is 1.53. The summed E-state index contributed by atoms with van der Waals surface area (Å²) in [6.45, 7) is 8.78. The highest BCUT2D eigenvalue weighted by Crippen LogP contribution is 2.27. The molecule has 15 heteroatoms. The van der Waals surface area contributed by atoms with Gasteiger partial charge in [0.05, 0.1) is 11.4 Å². The van der Waals surface area contributed by atoms with Gasteiger partial charge in [-0.3, -0.25) is 9.69 Å². The number of nitrogens with zero attached hydrogens (tertiary/aromatic N) is 6. The summed E-state index contributed by atoms with van der Waals surface area (Å²) in [5.41, 5.74) is 13.8. The summed E-state index contributed by atoms with van der Waals surface area (Å²) in [6, 6.07) is 7.97. The molecule has 1 aromatic carbocycles. The zero-order valence-corrected chi connectivity index (χ0v) is 26.1. The molecule has 2 fully saturated rings. The van der Waals surface area contributed by atoms with Gasteiger partial charge in [0.25, 0.3) is 0 Å². The maximum absolute atomic E-state index is 12.9. The molecule has 224 valence electrons. The van der Waals surface area contributed by atoms with Crippen molar-refractivity contribution >= 4 is 77.3 Å². The lowest BCUT2D eigenvalue weighted by Crippen LogP contribution is -2.56. The number of aromatic nitrogens is 1. The van der Waals surface area contributed by atoms with Crippen molar-refractivity contribution < 1.29 is 9.59 Å². The number of amides is 3. The lowest BCUT2D eigenvalue weighted by Gasteiger charge is -2.39. The Morgan fingerprint density at radius 2 is 1.50 bits per heavy atom. The number of nitrogens with one attached hydrogen (secondary N) is 1. The minimum atomic E-state index is -0.127. The van der Waals surface area contributed by atoms with Crippen LogP contribution in [0.25, 0.3) is 0 Å². The van der Waals surface area contributed by atoms with Crippen molar-refractivity contribution in [2.24, 2.45) is 16.5 Å². The second kappa shape index (κ2) is 16.8. The molecule has 2 saturated heterocycles. The van der Waals surface area contributed by atoms with Crippen molar-refractivity contribution in [2.75, 3.05) is 64.7 Å². The summed E-state index contributed by atoms with van der Waals surface area (Å²) in [5.74, 6) is -0.0897. The number of rotatable bonds is 7. The molecule has 3 amide bonds. The Kier molecular flexibility index (Phi) is 15.0. The number of aryl methyl sites for hydroxylation is 2. The molecule has 0 unspecified atom stereocenters. The molecule has 1 aromatic heterocycles. The first-order valence-electron chi connectivity index (χ1n) is 12.7. The number of thiazole rings is 1. The maximum atomic E-state index is 12.9. The zero-order chi connectivity index (χ0) is 26.4. The molecule has 2 aliphatic heterocycles. The fourth-order valence-electron chi connectivity index (χ4n) is 4.55. The van der Waals surface area contributed by atoms with Gasteiger partial charge in [-0.1, -0.05) is 12.1 Å². The van der Waals surface area contributed by atoms with Crippen molar-refractivity contribution in [2.45, 2.75) is 26.3 Å². The molecule has 0 saturated carbocycles. The van der Waals surface area contributed by atoms with Crippen LogP contribution in [-0.4, -0.2) is 102 Å². The van der Waals surface area contributed by atoms with Gasteiger partial charge in [-0.05, 0) is 37.6 Å². The van der Waals surface area contributed by atoms with Gasteiger partial charge in [0.1, 0.15) is 0 Å². The largest absolute Gasteiger partial charge is 0.370 e. The molecule has 0 radical (unpaired) electrons. The van der Waals surface area contributed by atoms with Gasteiger partial charge < -0.3 is 31.5 Å². The zero-order valence-electron chi connectivity index (χ0n) is 22.9. The lowest BCUT2D eigenvalue weighted by molar-refractivity contribution is -0.114. The van der Waals surface area contributed by atoms with Gasteiger partial charge >= 0.3 is 6.03 Å². The standard InChI is InChI=1S/C25H37N9O2S.3ClH/c1-18(35)28-24-30-21(8-5-19-3-6-20(7-4-19)29-23(26)27)22(37-24)17-32-11-15-34(16-12-32)25(36)33-13-9-31(2)10-14-33;;;/h3-4,6-7H,5,8-17H2,1-2H3,(H4,26,27,29)(H,28,30,35);3*1H. The number of anilines is 1. The lowest BCUT2D eigenvalue weighted by atomic mass is 10.1. The van der Waals surface area contributed by atoms with Crippen LogP contribution in [0.5, 0.6) is 0 Å². The van der Waals surface area contributed by atoms with Gasteiger partial charge in [0.15, 0.2) is 11.1 Å². The van der Waals surface area contributed by atoms with E-state index in [0.29, 0.717) is 5.13 Å². The van der Waals surface area contributed by atoms with Crippen molar-refractivity contribution in [1.29, 1.82) is 0 Å². The summed E-state index contributed by atoms with van der Waals surface area (Å²) < 4.78 is 0. The number of halogens is 3. The van der Waals surface area contributed by atoms with Crippen molar-refractivity contribution in [3.8, 4) is 0 Å². The molecular formula is C25H40Cl3N9O2S. The topological polar surface area (TPSA) is 136 Å². The fraction of sp³-hybridized carbons (Fsp3) is 0.520. The highest BCUT2D eigenvalue weighted by atomic mass is 35.5. The molecule has 11 nitrogen and oxygen atoms in total. The average molecular weight is 637 g/mol. The minimum Gasteiger partial charge on any atom is -0.370 e. The Labute approximate surface area is 258 Å². The number of urea groups is 1. The van der Waals surface area contributed by atoms with Crippen LogP contribution in [-0.2, 0) is 24.2 Å². The molecule has 0 bridgehead atoms. The maximum Gasteiger partial charge on any atom is 0.320 e. The number of aliphatic imine (C=N–C) groups is 1. The number of benzene rings is 1. The third kappa shape index (κ3) is 10.2. The second-order valence-corrected chi connectivity index (χ2v) is 10.7. The van der Waals surface area contributed by atoms with Crippen LogP contribution in [0, 0.1) is 0 Å². The molecule has 3 heterocycles. The Bertz CT molecular complexity index is 1110. The summed E-state index contributed by atoms with van der Waals surface area (Å²) in [5, 5.41) is 3.47. The van der Waals surface area contributed by atoms with E-state index in [4.69, 9.17) is 16.5 Å². The number of hydrogen-bond acceptors (Lipinski definition) is 7. The number of nitrogens with two attached hydrogens (primary N) is 2. The Hall–Kier alpha value is -2.35. The molecule has 4 rings (SSSR count). The molecular weight excluding hydrogens is 597 g/mol. The van der Waals surface area contributed by atoms with Gasteiger partial charge in [-0.2, -0.15) is 0 Å². The number of carbonyl (C=O) groups excluding carboxylic acids is 2. The predicted molar refractivity (Wildman–Crippen MR) is 169 cm³/mol. The third-order valence-corrected chi connectivity index (χ3v) is 7.69. The van der Waals surface area contributed by atoms with E-state index in [1.807, 2.05) is 34.1 Å². The van der Waals surface area contributed by atoms with Crippen LogP contribution in [0.1, 0.15) is 23.1 Å². The van der Waals surface area contributed by atoms with Crippen LogP contribution < -0.4 is 16.8 Å². The molecule has 0 atom stereocenters. The number of carbonyl (C=O) groups is 2. The van der Waals surface area contributed by atoms with E-state index >= 15 is 0 Å². The van der Waals surface area contributed by atoms with Crippen LogP contribution in [0.3, 0.4) is 0 Å². The summed E-state index contributed by atoms with van der Waals surface area (Å²) in [4.78, 5) is 43.1. The molecule has 0 spiro atoms. The summed E-state index contributed by atoms with van der Waals surface area (Å²) in [7, 11) is 2.09. The van der Waals surface area contributed by atoms with Crippen LogP contribution >= 0.6 is 48.6 Å². The first-order valence-corrected chi connectivity index (χ1v) is 13.5. The molecule has 0 aliphatic carbocycles. The number of piperazine rings is 2. The van der Waals surface area contributed by atoms with E-state index in [2.05, 4.69) is 27.2 Å². The van der Waals surface area contributed by atoms with Crippen molar-refractivity contribution in [3.05, 3.63) is 40.4 Å². The highest BCUT2D eigenvalue weighted by Gasteiger charge is 2.27. The normalized spacial score (nSPS) is 15.8. The average Bonchev–Trinajstić information content (AvgIpc) is 3.23. The fourth-order valence-corrected chi connectivity index (χ4v) is 5.65. The van der Waals surface area contributed by atoms with Crippen LogP contribution in [0.15, 0.2) is 29.3 Å². The Morgan fingerprint density at radius 1 is 0.925 bits per heavy atom. The molecule has 2 aliphatic rings. The molecule has 5 N–H and O–H groups in total. The third-order valence-electron chi connectivity index (χ3n) is 6.69. The van der Waals surface area contributed by atoms with E-state index in [-0.39, 0.29) is 55.1 Å². The first kappa shape index (κ1) is 35.7. The van der Waals surface area contributed by atoms with Gasteiger partial charge in [0, 0.05) is 70.7 Å². The van der Waals surface area contributed by atoms with Crippen molar-refractivity contribution in [1.82, 2.24) is 24.6 Å². The highest BCUT2D eigenvalue weighted by molar-refractivity contribution is 7.15. The van der Waals surface area contributed by atoms with E-state index < -0.39 is 0 Å². The number of guanidine groups is 1. The SMILES string of the molecule is CC(=O)Nc1nc(CCc2ccc(N=C(N)N)cc2)c(CN2CCN(C(=O)N3CCN(C)CC3)CC2)s1.Cl.Cl.Cl. The quantitative estimate of drug-likeness (QED) is 0.314. The van der Waals surface area contributed by atoms with Crippen LogP contribution in [0.4, 0.5) is 15.6 Å². The molecule has 40 heavy (non-hydrogen) atoms. The predicted octanol–water partition coefficient (Wildman–Crippen LogP) is 2.54. The van der Waals surface area contributed by atoms with E-state index in [1.165, 1.54) is 18.3 Å². The Balaban J connectivity index is 0.00000267. The molecule has 2 aromatic rings. The van der Waals surface area contributed by atoms with Gasteiger partial charge in [-0.15, -0.1) is 48.6 Å². The second-order valence-electron chi connectivity index (χ2n) is 9.61. The Morgan fingerprint density at radius 3 is 2.05 bits per heavy atom. The minimum absolute atomic E-state index is 0. The van der Waals surface area contributed by atoms with Crippen molar-refractivity contribution in [3.63, 3.8) is 0 Å². The first-order chi connectivity index (χ1) is 17.8. The summed E-state index contributed by atoms with van der Waals surface area (Å²) in [6.07, 6.45) is 1.57. The van der Waals surface area contributed by atoms with Gasteiger partial charge in [0.2, 0.25) is 5.91 Å². The number of hydrogen-bond donors (Lipinski definition) is 3. The van der Waals surface area contributed by atoms with Crippen LogP contribution in [0.2, 0.25) is 0 Å². The monoisotopic (exact) mass is 635 g/mol. The van der Waals surface area contributed by atoms with E-state index in [1.54, 1.807) is 0 Å². The van der Waals surface area contributed by atoms with E-state index in [9.17, 15) is 9.59 Å². The smallest absolute Gasteiger partial charge is 0.320 e. The van der Waals surface area contributed by atoms with Gasteiger partial charge in [-0.25, -0.2) is 14.8 Å². The number of likely N-dealkylation sites (N-methyl/N-ethyl adjacent to an activating group) is 1. The van der Waals surface area contributed by atoms with E-state index in [0.717, 1.165) is 93.6 Å².